The topological polar surface area (TPSA) is 40.5 Å². The number of benzene rings is 1. The van der Waals surface area contributed by atoms with E-state index in [1.165, 1.54) is 5.56 Å². The third-order valence-electron chi connectivity index (χ3n) is 2.20. The SMILES string of the molecule is OCC=CC(O)CC=CCc1ccccc1. The van der Waals surface area contributed by atoms with Crippen LogP contribution in [0.4, 0.5) is 0 Å². The summed E-state index contributed by atoms with van der Waals surface area (Å²) in [7, 11) is 0. The highest BCUT2D eigenvalue weighted by Crippen LogP contribution is 2.02. The van der Waals surface area contributed by atoms with Crippen molar-refractivity contribution in [3.63, 3.8) is 0 Å². The fraction of sp³-hybridized carbons (Fsp3) is 0.286. The molecule has 0 radical (unpaired) electrons. The highest BCUT2D eigenvalue weighted by atomic mass is 16.3. The molecule has 16 heavy (non-hydrogen) atoms. The molecule has 0 saturated carbocycles. The van der Waals surface area contributed by atoms with Crippen molar-refractivity contribution in [2.75, 3.05) is 6.61 Å². The van der Waals surface area contributed by atoms with Crippen molar-refractivity contribution in [1.82, 2.24) is 0 Å². The van der Waals surface area contributed by atoms with E-state index in [1.807, 2.05) is 30.4 Å². The maximum atomic E-state index is 9.43. The van der Waals surface area contributed by atoms with Gasteiger partial charge >= 0.3 is 0 Å². The summed E-state index contributed by atoms with van der Waals surface area (Å²) >= 11 is 0. The molecule has 0 fully saturated rings. The summed E-state index contributed by atoms with van der Waals surface area (Å²) in [6.45, 7) is -0.0230. The van der Waals surface area contributed by atoms with E-state index in [2.05, 4.69) is 12.1 Å². The summed E-state index contributed by atoms with van der Waals surface area (Å²) in [5.41, 5.74) is 1.26. The van der Waals surface area contributed by atoms with E-state index in [4.69, 9.17) is 5.11 Å². The summed E-state index contributed by atoms with van der Waals surface area (Å²) < 4.78 is 0. The van der Waals surface area contributed by atoms with E-state index in [0.29, 0.717) is 6.42 Å². The Morgan fingerprint density at radius 3 is 2.50 bits per heavy atom. The molecule has 1 unspecified atom stereocenters. The molecule has 0 heterocycles. The minimum absolute atomic E-state index is 0.0230. The first-order valence-corrected chi connectivity index (χ1v) is 5.47. The van der Waals surface area contributed by atoms with Gasteiger partial charge in [0, 0.05) is 0 Å². The van der Waals surface area contributed by atoms with Crippen LogP contribution in [0.15, 0.2) is 54.6 Å². The fourth-order valence-corrected chi connectivity index (χ4v) is 1.37. The van der Waals surface area contributed by atoms with Crippen LogP contribution in [0, 0.1) is 0 Å². The van der Waals surface area contributed by atoms with Crippen molar-refractivity contribution < 1.29 is 10.2 Å². The lowest BCUT2D eigenvalue weighted by Gasteiger charge is -2.00. The molecule has 0 aromatic heterocycles. The van der Waals surface area contributed by atoms with Crippen LogP contribution in [-0.4, -0.2) is 22.9 Å². The normalized spacial score (nSPS) is 13.6. The van der Waals surface area contributed by atoms with Crippen molar-refractivity contribution in [1.29, 1.82) is 0 Å². The Morgan fingerprint density at radius 2 is 1.81 bits per heavy atom. The van der Waals surface area contributed by atoms with Gasteiger partial charge in [0.1, 0.15) is 0 Å². The van der Waals surface area contributed by atoms with Gasteiger partial charge in [0.2, 0.25) is 0 Å². The lowest BCUT2D eigenvalue weighted by molar-refractivity contribution is 0.225. The third-order valence-corrected chi connectivity index (χ3v) is 2.20. The largest absolute Gasteiger partial charge is 0.392 e. The fourth-order valence-electron chi connectivity index (χ4n) is 1.37. The van der Waals surface area contributed by atoms with Gasteiger partial charge in [-0.1, -0.05) is 54.6 Å². The van der Waals surface area contributed by atoms with Crippen molar-refractivity contribution >= 4 is 0 Å². The Balaban J connectivity index is 2.25. The molecule has 0 aliphatic carbocycles. The number of rotatable bonds is 6. The summed E-state index contributed by atoms with van der Waals surface area (Å²) in [4.78, 5) is 0. The van der Waals surface area contributed by atoms with Gasteiger partial charge in [-0.3, -0.25) is 0 Å². The van der Waals surface area contributed by atoms with Crippen molar-refractivity contribution in [2.24, 2.45) is 0 Å². The summed E-state index contributed by atoms with van der Waals surface area (Å²) in [6, 6.07) is 10.2. The van der Waals surface area contributed by atoms with Crippen LogP contribution in [0.1, 0.15) is 12.0 Å². The minimum atomic E-state index is -0.501. The minimum Gasteiger partial charge on any atom is -0.392 e. The molecule has 2 nitrogen and oxygen atoms in total. The average Bonchev–Trinajstić information content (AvgIpc) is 2.33. The quantitative estimate of drug-likeness (QED) is 0.718. The van der Waals surface area contributed by atoms with Gasteiger partial charge in [0.15, 0.2) is 0 Å². The Morgan fingerprint density at radius 1 is 1.06 bits per heavy atom. The molecule has 2 heteroatoms. The molecule has 0 bridgehead atoms. The zero-order valence-electron chi connectivity index (χ0n) is 9.29. The Hall–Kier alpha value is -1.38. The molecule has 1 atom stereocenters. The van der Waals surface area contributed by atoms with Gasteiger partial charge < -0.3 is 10.2 Å². The van der Waals surface area contributed by atoms with Crippen LogP contribution in [0.25, 0.3) is 0 Å². The first-order chi connectivity index (χ1) is 7.83. The zero-order chi connectivity index (χ0) is 11.6. The second-order valence-corrected chi connectivity index (χ2v) is 3.57. The maximum absolute atomic E-state index is 9.43. The summed E-state index contributed by atoms with van der Waals surface area (Å²) in [6.07, 6.45) is 8.13. The maximum Gasteiger partial charge on any atom is 0.0756 e. The average molecular weight is 218 g/mol. The Kier molecular flexibility index (Phi) is 6.23. The number of aliphatic hydroxyl groups excluding tert-OH is 2. The number of hydrogen-bond acceptors (Lipinski definition) is 2. The number of hydrogen-bond donors (Lipinski definition) is 2. The van der Waals surface area contributed by atoms with Crippen LogP contribution in [-0.2, 0) is 6.42 Å². The molecule has 0 aliphatic rings. The van der Waals surface area contributed by atoms with Crippen molar-refractivity contribution in [2.45, 2.75) is 18.9 Å². The van der Waals surface area contributed by atoms with E-state index in [1.54, 1.807) is 12.2 Å². The second-order valence-electron chi connectivity index (χ2n) is 3.57. The van der Waals surface area contributed by atoms with Gasteiger partial charge in [-0.2, -0.15) is 0 Å². The van der Waals surface area contributed by atoms with E-state index in [-0.39, 0.29) is 6.61 Å². The molecule has 0 saturated heterocycles. The van der Waals surface area contributed by atoms with Gasteiger partial charge in [-0.15, -0.1) is 0 Å². The lowest BCUT2D eigenvalue weighted by atomic mass is 10.1. The number of aliphatic hydroxyl groups is 2. The van der Waals surface area contributed by atoms with Crippen LogP contribution < -0.4 is 0 Å². The van der Waals surface area contributed by atoms with Crippen molar-refractivity contribution in [3.8, 4) is 0 Å². The van der Waals surface area contributed by atoms with Crippen LogP contribution in [0.5, 0.6) is 0 Å². The van der Waals surface area contributed by atoms with Gasteiger partial charge in [0.05, 0.1) is 12.7 Å². The van der Waals surface area contributed by atoms with Crippen LogP contribution >= 0.6 is 0 Å². The van der Waals surface area contributed by atoms with Gasteiger partial charge in [0.25, 0.3) is 0 Å². The standard InChI is InChI=1S/C14H18O2/c15-12-6-11-14(16)10-5-4-9-13-7-2-1-3-8-13/h1-8,11,14-16H,9-10,12H2. The predicted octanol–water partition coefficient (Wildman–Crippen LogP) is 2.08. The molecule has 0 spiro atoms. The first-order valence-electron chi connectivity index (χ1n) is 5.47. The molecular weight excluding hydrogens is 200 g/mol. The molecule has 2 N–H and O–H groups in total. The van der Waals surface area contributed by atoms with E-state index >= 15 is 0 Å². The predicted molar refractivity (Wildman–Crippen MR) is 66.1 cm³/mol. The number of allylic oxidation sites excluding steroid dienone is 1. The van der Waals surface area contributed by atoms with Crippen LogP contribution in [0.3, 0.4) is 0 Å². The molecule has 0 amide bonds. The second kappa shape index (κ2) is 7.85. The summed E-state index contributed by atoms with van der Waals surface area (Å²) in [5, 5.41) is 17.9. The van der Waals surface area contributed by atoms with Gasteiger partial charge in [-0.05, 0) is 18.4 Å². The highest BCUT2D eigenvalue weighted by Gasteiger charge is 1.93. The zero-order valence-corrected chi connectivity index (χ0v) is 9.29. The first kappa shape index (κ1) is 12.7. The third kappa shape index (κ3) is 5.49. The molecule has 1 aromatic carbocycles. The van der Waals surface area contributed by atoms with E-state index < -0.39 is 6.10 Å². The molecular formula is C14H18O2. The monoisotopic (exact) mass is 218 g/mol. The smallest absolute Gasteiger partial charge is 0.0756 e. The summed E-state index contributed by atoms with van der Waals surface area (Å²) in [5.74, 6) is 0. The van der Waals surface area contributed by atoms with Gasteiger partial charge in [-0.25, -0.2) is 0 Å². The molecule has 0 aliphatic heterocycles. The van der Waals surface area contributed by atoms with E-state index in [0.717, 1.165) is 6.42 Å². The van der Waals surface area contributed by atoms with Crippen molar-refractivity contribution in [3.05, 3.63) is 60.2 Å². The lowest BCUT2D eigenvalue weighted by Crippen LogP contribution is -1.99. The Labute approximate surface area is 96.6 Å². The molecule has 86 valence electrons. The molecule has 1 rings (SSSR count). The van der Waals surface area contributed by atoms with Crippen LogP contribution in [0.2, 0.25) is 0 Å². The highest BCUT2D eigenvalue weighted by molar-refractivity contribution is 5.17. The van der Waals surface area contributed by atoms with E-state index in [9.17, 15) is 5.11 Å². The Bertz CT molecular complexity index is 328. The molecule has 1 aromatic rings.